The van der Waals surface area contributed by atoms with Crippen molar-refractivity contribution in [1.82, 2.24) is 14.5 Å². The minimum atomic E-state index is -0.150. The fraction of sp³-hybridized carbons (Fsp3) is 0.421. The second-order valence-corrected chi connectivity index (χ2v) is 5.95. The Kier molecular flexibility index (Phi) is 6.33. The third-order valence-electron chi connectivity index (χ3n) is 4.36. The summed E-state index contributed by atoms with van der Waals surface area (Å²) in [4.78, 5) is 30.0. The molecule has 0 radical (unpaired) electrons. The van der Waals surface area contributed by atoms with Crippen molar-refractivity contribution in [2.45, 2.75) is 40.5 Å². The molecule has 0 aliphatic rings. The Balaban J connectivity index is 1.91. The molecule has 2 rings (SSSR count). The highest BCUT2D eigenvalue weighted by Crippen LogP contribution is 2.17. The summed E-state index contributed by atoms with van der Waals surface area (Å²) in [6.45, 7) is 9.21. The zero-order chi connectivity index (χ0) is 18.4. The summed E-state index contributed by atoms with van der Waals surface area (Å²) in [6, 6.07) is 7.58. The van der Waals surface area contributed by atoms with Crippen LogP contribution in [0.1, 0.15) is 38.1 Å². The molecule has 1 aromatic carbocycles. The van der Waals surface area contributed by atoms with Crippen LogP contribution < -0.4 is 5.32 Å². The quantitative estimate of drug-likeness (QED) is 0.841. The highest BCUT2D eigenvalue weighted by Gasteiger charge is 2.12. The van der Waals surface area contributed by atoms with Gasteiger partial charge in [-0.25, -0.2) is 4.98 Å². The minimum absolute atomic E-state index is 0.0152. The van der Waals surface area contributed by atoms with Crippen molar-refractivity contribution in [2.24, 2.45) is 0 Å². The first-order valence-electron chi connectivity index (χ1n) is 8.64. The van der Waals surface area contributed by atoms with Gasteiger partial charge in [0.1, 0.15) is 0 Å². The standard InChI is InChI=1S/C19H26N4O2/c1-5-22(6-2)19(25)12-11-18(24)21-16-7-9-17(10-8-16)23-13-20-14(3)15(23)4/h7-10,13H,5-6,11-12H2,1-4H3,(H,21,24). The highest BCUT2D eigenvalue weighted by molar-refractivity contribution is 5.93. The average Bonchev–Trinajstić information content (AvgIpc) is 2.94. The number of imidazole rings is 1. The summed E-state index contributed by atoms with van der Waals surface area (Å²) >= 11 is 0. The number of aryl methyl sites for hydroxylation is 1. The number of hydrogen-bond donors (Lipinski definition) is 1. The molecule has 0 atom stereocenters. The Morgan fingerprint density at radius 3 is 2.24 bits per heavy atom. The molecule has 25 heavy (non-hydrogen) atoms. The van der Waals surface area contributed by atoms with Crippen LogP contribution in [-0.2, 0) is 9.59 Å². The molecule has 0 fully saturated rings. The summed E-state index contributed by atoms with van der Waals surface area (Å²) in [7, 11) is 0. The van der Waals surface area contributed by atoms with Crippen LogP contribution in [0.4, 0.5) is 5.69 Å². The molecule has 0 spiro atoms. The molecule has 2 amide bonds. The van der Waals surface area contributed by atoms with Gasteiger partial charge in [0.05, 0.1) is 12.0 Å². The molecule has 0 bridgehead atoms. The summed E-state index contributed by atoms with van der Waals surface area (Å²) in [6.07, 6.45) is 2.22. The maximum Gasteiger partial charge on any atom is 0.224 e. The van der Waals surface area contributed by atoms with Crippen LogP contribution in [0.25, 0.3) is 5.69 Å². The van der Waals surface area contributed by atoms with Gasteiger partial charge >= 0.3 is 0 Å². The lowest BCUT2D eigenvalue weighted by atomic mass is 10.2. The zero-order valence-corrected chi connectivity index (χ0v) is 15.4. The Morgan fingerprint density at radius 2 is 1.72 bits per heavy atom. The fourth-order valence-electron chi connectivity index (χ4n) is 2.64. The molecule has 1 N–H and O–H groups in total. The maximum absolute atomic E-state index is 12.0. The fourth-order valence-corrected chi connectivity index (χ4v) is 2.64. The van der Waals surface area contributed by atoms with E-state index in [-0.39, 0.29) is 24.7 Å². The van der Waals surface area contributed by atoms with E-state index in [4.69, 9.17) is 0 Å². The van der Waals surface area contributed by atoms with Gasteiger partial charge in [-0.05, 0) is 52.0 Å². The molecule has 1 heterocycles. The normalized spacial score (nSPS) is 10.6. The van der Waals surface area contributed by atoms with E-state index >= 15 is 0 Å². The van der Waals surface area contributed by atoms with Crippen molar-refractivity contribution < 1.29 is 9.59 Å². The third-order valence-corrected chi connectivity index (χ3v) is 4.36. The number of carbonyl (C=O) groups excluding carboxylic acids is 2. The molecule has 0 saturated heterocycles. The van der Waals surface area contributed by atoms with E-state index < -0.39 is 0 Å². The van der Waals surface area contributed by atoms with Crippen molar-refractivity contribution in [3.05, 3.63) is 42.0 Å². The molecule has 6 nitrogen and oxygen atoms in total. The van der Waals surface area contributed by atoms with Crippen molar-refractivity contribution in [3.63, 3.8) is 0 Å². The first-order chi connectivity index (χ1) is 12.0. The number of aromatic nitrogens is 2. The van der Waals surface area contributed by atoms with Crippen LogP contribution >= 0.6 is 0 Å². The highest BCUT2D eigenvalue weighted by atomic mass is 16.2. The number of hydrogen-bond acceptors (Lipinski definition) is 3. The Bertz CT molecular complexity index is 730. The van der Waals surface area contributed by atoms with Gasteiger partial charge in [-0.1, -0.05) is 0 Å². The van der Waals surface area contributed by atoms with Crippen molar-refractivity contribution in [2.75, 3.05) is 18.4 Å². The molecule has 2 aromatic rings. The van der Waals surface area contributed by atoms with Gasteiger partial charge in [0.2, 0.25) is 11.8 Å². The summed E-state index contributed by atoms with van der Waals surface area (Å²) in [5.41, 5.74) is 3.80. The summed E-state index contributed by atoms with van der Waals surface area (Å²) in [5.74, 6) is -0.135. The predicted molar refractivity (Wildman–Crippen MR) is 98.8 cm³/mol. The molecule has 1 aromatic heterocycles. The van der Waals surface area contributed by atoms with Gasteiger partial charge in [0, 0.05) is 43.0 Å². The van der Waals surface area contributed by atoms with Gasteiger partial charge in [0.25, 0.3) is 0 Å². The number of benzene rings is 1. The van der Waals surface area contributed by atoms with Gasteiger partial charge in [-0.15, -0.1) is 0 Å². The van der Waals surface area contributed by atoms with Crippen molar-refractivity contribution >= 4 is 17.5 Å². The number of nitrogens with zero attached hydrogens (tertiary/aromatic N) is 3. The Morgan fingerprint density at radius 1 is 1.08 bits per heavy atom. The molecule has 6 heteroatoms. The molecular formula is C19H26N4O2. The number of nitrogens with one attached hydrogen (secondary N) is 1. The summed E-state index contributed by atoms with van der Waals surface area (Å²) < 4.78 is 2.00. The zero-order valence-electron chi connectivity index (χ0n) is 15.4. The largest absolute Gasteiger partial charge is 0.343 e. The molecule has 0 aliphatic carbocycles. The van der Waals surface area contributed by atoms with Gasteiger partial charge < -0.3 is 14.8 Å². The van der Waals surface area contributed by atoms with Crippen LogP contribution in [0.15, 0.2) is 30.6 Å². The van der Waals surface area contributed by atoms with Gasteiger partial charge in [-0.3, -0.25) is 9.59 Å². The lowest BCUT2D eigenvalue weighted by Gasteiger charge is -2.18. The number of rotatable bonds is 7. The van der Waals surface area contributed by atoms with E-state index in [9.17, 15) is 9.59 Å². The third kappa shape index (κ3) is 4.68. The Labute approximate surface area is 148 Å². The molecule has 0 unspecified atom stereocenters. The first-order valence-corrected chi connectivity index (χ1v) is 8.64. The van der Waals surface area contributed by atoms with Crippen LogP contribution in [0, 0.1) is 13.8 Å². The lowest BCUT2D eigenvalue weighted by molar-refractivity contribution is -0.132. The van der Waals surface area contributed by atoms with E-state index in [1.54, 1.807) is 11.2 Å². The smallest absolute Gasteiger partial charge is 0.224 e. The number of anilines is 1. The topological polar surface area (TPSA) is 67.2 Å². The van der Waals surface area contributed by atoms with E-state index in [1.165, 1.54) is 0 Å². The Hall–Kier alpha value is -2.63. The number of carbonyl (C=O) groups is 2. The van der Waals surface area contributed by atoms with Crippen molar-refractivity contribution in [1.29, 1.82) is 0 Å². The van der Waals surface area contributed by atoms with Gasteiger partial charge in [0.15, 0.2) is 0 Å². The molecule has 0 saturated carbocycles. The van der Waals surface area contributed by atoms with Crippen LogP contribution in [0.5, 0.6) is 0 Å². The van der Waals surface area contributed by atoms with Gasteiger partial charge in [-0.2, -0.15) is 0 Å². The second kappa shape index (κ2) is 8.46. The SMILES string of the molecule is CCN(CC)C(=O)CCC(=O)Nc1ccc(-n2cnc(C)c2C)cc1. The molecule has 134 valence electrons. The van der Waals surface area contributed by atoms with Crippen LogP contribution in [0.3, 0.4) is 0 Å². The first kappa shape index (κ1) is 18.7. The van der Waals surface area contributed by atoms with E-state index in [0.29, 0.717) is 13.1 Å². The number of amides is 2. The van der Waals surface area contributed by atoms with E-state index in [1.807, 2.05) is 56.5 Å². The van der Waals surface area contributed by atoms with E-state index in [0.717, 1.165) is 22.8 Å². The summed E-state index contributed by atoms with van der Waals surface area (Å²) in [5, 5.41) is 2.84. The molecular weight excluding hydrogens is 316 g/mol. The second-order valence-electron chi connectivity index (χ2n) is 5.95. The van der Waals surface area contributed by atoms with Crippen molar-refractivity contribution in [3.8, 4) is 5.69 Å². The van der Waals surface area contributed by atoms with Crippen LogP contribution in [0.2, 0.25) is 0 Å². The monoisotopic (exact) mass is 342 g/mol. The molecule has 0 aliphatic heterocycles. The average molecular weight is 342 g/mol. The maximum atomic E-state index is 12.0. The predicted octanol–water partition coefficient (Wildman–Crippen LogP) is 3.08. The minimum Gasteiger partial charge on any atom is -0.343 e. The lowest BCUT2D eigenvalue weighted by Crippen LogP contribution is -2.31. The van der Waals surface area contributed by atoms with Crippen LogP contribution in [-0.4, -0.2) is 39.4 Å². The van der Waals surface area contributed by atoms with E-state index in [2.05, 4.69) is 10.3 Å².